The van der Waals surface area contributed by atoms with Crippen LogP contribution in [0.2, 0.25) is 0 Å². The van der Waals surface area contributed by atoms with Crippen molar-refractivity contribution < 1.29 is 5.11 Å². The number of hydrogen-bond acceptors (Lipinski definition) is 1. The Morgan fingerprint density at radius 3 is 1.85 bits per heavy atom. The number of benzene rings is 2. The number of rotatable bonds is 13. The van der Waals surface area contributed by atoms with Crippen LogP contribution in [-0.2, 0) is 6.42 Å². The first-order valence-corrected chi connectivity index (χ1v) is 11.1. The fraction of sp³-hybridized carbons (Fsp3) is 0.538. The van der Waals surface area contributed by atoms with E-state index in [4.69, 9.17) is 0 Å². The molecule has 27 heavy (non-hydrogen) atoms. The molecule has 0 aliphatic heterocycles. The van der Waals surface area contributed by atoms with Crippen molar-refractivity contribution in [1.29, 1.82) is 0 Å². The molecule has 0 aliphatic carbocycles. The summed E-state index contributed by atoms with van der Waals surface area (Å²) in [5.41, 5.74) is 3.70. The largest absolute Gasteiger partial charge is 0.508 e. The normalized spacial score (nSPS) is 12.2. The molecule has 0 amide bonds. The lowest BCUT2D eigenvalue weighted by Crippen LogP contribution is -1.97. The van der Waals surface area contributed by atoms with Gasteiger partial charge in [0.1, 0.15) is 5.75 Å². The molecule has 1 nitrogen and oxygen atoms in total. The van der Waals surface area contributed by atoms with Gasteiger partial charge in [0.05, 0.1) is 0 Å². The van der Waals surface area contributed by atoms with E-state index < -0.39 is 0 Å². The summed E-state index contributed by atoms with van der Waals surface area (Å²) in [6.07, 6.45) is 15.1. The smallest absolute Gasteiger partial charge is 0.119 e. The van der Waals surface area contributed by atoms with Gasteiger partial charge in [-0.25, -0.2) is 0 Å². The van der Waals surface area contributed by atoms with Crippen molar-refractivity contribution in [1.82, 2.24) is 0 Å². The van der Waals surface area contributed by atoms with Gasteiger partial charge in [-0.3, -0.25) is 0 Å². The maximum Gasteiger partial charge on any atom is 0.119 e. The van der Waals surface area contributed by atoms with Crippen molar-refractivity contribution in [3.05, 3.63) is 65.2 Å². The maximum absolute atomic E-state index is 10.1. The summed E-state index contributed by atoms with van der Waals surface area (Å²) in [5.74, 6) is 0.608. The molecule has 0 aliphatic rings. The molecule has 0 saturated carbocycles. The minimum Gasteiger partial charge on any atom is -0.508 e. The molecule has 0 saturated heterocycles. The van der Waals surface area contributed by atoms with Crippen LogP contribution in [0.15, 0.2) is 48.5 Å². The van der Waals surface area contributed by atoms with Gasteiger partial charge in [0.2, 0.25) is 0 Å². The highest BCUT2D eigenvalue weighted by Crippen LogP contribution is 2.30. The third-order valence-electron chi connectivity index (χ3n) is 5.70. The van der Waals surface area contributed by atoms with Crippen LogP contribution in [0.3, 0.4) is 0 Å². The van der Waals surface area contributed by atoms with Crippen LogP contribution >= 0.6 is 0 Å². The Hall–Kier alpha value is -1.76. The van der Waals surface area contributed by atoms with Crippen molar-refractivity contribution in [3.63, 3.8) is 0 Å². The molecule has 0 aromatic heterocycles. The Balaban J connectivity index is 1.64. The second kappa shape index (κ2) is 12.6. The van der Waals surface area contributed by atoms with E-state index in [9.17, 15) is 5.11 Å². The van der Waals surface area contributed by atoms with Crippen LogP contribution in [0.25, 0.3) is 0 Å². The van der Waals surface area contributed by atoms with E-state index in [2.05, 4.69) is 38.1 Å². The number of phenolic OH excluding ortho intramolecular Hbond substituents is 1. The van der Waals surface area contributed by atoms with Crippen LogP contribution in [-0.4, -0.2) is 5.11 Å². The summed E-state index contributed by atoms with van der Waals surface area (Å²) in [6, 6.07) is 16.6. The summed E-state index contributed by atoms with van der Waals surface area (Å²) in [4.78, 5) is 0. The van der Waals surface area contributed by atoms with Crippen LogP contribution in [0.4, 0.5) is 0 Å². The average Bonchev–Trinajstić information content (AvgIpc) is 2.70. The fourth-order valence-corrected chi connectivity index (χ4v) is 3.82. The topological polar surface area (TPSA) is 20.2 Å². The van der Waals surface area contributed by atoms with E-state index in [0.717, 1.165) is 5.56 Å². The lowest BCUT2D eigenvalue weighted by atomic mass is 9.91. The van der Waals surface area contributed by atoms with Gasteiger partial charge in [0.25, 0.3) is 0 Å². The second-order valence-corrected chi connectivity index (χ2v) is 7.95. The second-order valence-electron chi connectivity index (χ2n) is 7.95. The maximum atomic E-state index is 10.1. The average molecular weight is 367 g/mol. The lowest BCUT2D eigenvalue weighted by molar-refractivity contribution is 0.466. The molecule has 2 aromatic rings. The Bertz CT molecular complexity index is 629. The molecule has 0 radical (unpaired) electrons. The van der Waals surface area contributed by atoms with Crippen LogP contribution < -0.4 is 0 Å². The van der Waals surface area contributed by atoms with Gasteiger partial charge in [0, 0.05) is 11.5 Å². The Morgan fingerprint density at radius 1 is 0.704 bits per heavy atom. The number of aromatic hydroxyl groups is 1. The highest BCUT2D eigenvalue weighted by atomic mass is 16.3. The molecule has 0 spiro atoms. The first-order chi connectivity index (χ1) is 13.2. The summed E-state index contributed by atoms with van der Waals surface area (Å²) in [6.45, 7) is 4.44. The van der Waals surface area contributed by atoms with Gasteiger partial charge in [-0.1, -0.05) is 114 Å². The van der Waals surface area contributed by atoms with Gasteiger partial charge in [-0.05, 0) is 30.0 Å². The van der Waals surface area contributed by atoms with E-state index in [1.807, 2.05) is 18.2 Å². The standard InChI is InChI=1S/C26H38O/c1-3-4-5-6-7-8-9-10-11-12-15-23-18-20-24(21-19-23)22(2)25-16-13-14-17-26(25)27/h13-14,16-22,27H,3-12,15H2,1-2H3. The van der Waals surface area contributed by atoms with Crippen molar-refractivity contribution >= 4 is 0 Å². The zero-order valence-electron chi connectivity index (χ0n) is 17.4. The Labute approximate surface area is 166 Å². The zero-order valence-corrected chi connectivity index (χ0v) is 17.4. The van der Waals surface area contributed by atoms with Crippen molar-refractivity contribution in [2.45, 2.75) is 90.4 Å². The van der Waals surface area contributed by atoms with Crippen molar-refractivity contribution in [3.8, 4) is 5.75 Å². The summed E-state index contributed by atoms with van der Waals surface area (Å²) in [7, 11) is 0. The Kier molecular flexibility index (Phi) is 10.0. The fourth-order valence-electron chi connectivity index (χ4n) is 3.82. The molecule has 1 N–H and O–H groups in total. The van der Waals surface area contributed by atoms with Crippen LogP contribution in [0.1, 0.15) is 101 Å². The number of para-hydroxylation sites is 1. The first-order valence-electron chi connectivity index (χ1n) is 11.1. The number of unbranched alkanes of at least 4 members (excludes halogenated alkanes) is 9. The lowest BCUT2D eigenvalue weighted by Gasteiger charge is -2.14. The third-order valence-corrected chi connectivity index (χ3v) is 5.70. The number of phenols is 1. The summed E-state index contributed by atoms with van der Waals surface area (Å²) >= 11 is 0. The van der Waals surface area contributed by atoms with E-state index in [0.29, 0.717) is 5.75 Å². The quantitative estimate of drug-likeness (QED) is 0.356. The third kappa shape index (κ3) is 7.79. The molecule has 0 bridgehead atoms. The highest BCUT2D eigenvalue weighted by molar-refractivity contribution is 5.41. The predicted molar refractivity (Wildman–Crippen MR) is 118 cm³/mol. The highest BCUT2D eigenvalue weighted by Gasteiger charge is 2.11. The molecule has 1 atom stereocenters. The van der Waals surface area contributed by atoms with Crippen molar-refractivity contribution in [2.75, 3.05) is 0 Å². The summed E-state index contributed by atoms with van der Waals surface area (Å²) < 4.78 is 0. The molecule has 2 rings (SSSR count). The molecule has 0 fully saturated rings. The molecule has 0 heterocycles. The molecular formula is C26H38O. The van der Waals surface area contributed by atoms with E-state index >= 15 is 0 Å². The van der Waals surface area contributed by atoms with Gasteiger partial charge in [-0.2, -0.15) is 0 Å². The predicted octanol–water partition coefficient (Wildman–Crippen LogP) is 8.01. The van der Waals surface area contributed by atoms with Gasteiger partial charge < -0.3 is 5.11 Å². The molecule has 148 valence electrons. The van der Waals surface area contributed by atoms with E-state index in [-0.39, 0.29) is 5.92 Å². The molecule has 1 unspecified atom stereocenters. The first kappa shape index (κ1) is 21.5. The minimum atomic E-state index is 0.220. The van der Waals surface area contributed by atoms with Gasteiger partial charge >= 0.3 is 0 Å². The Morgan fingerprint density at radius 2 is 1.26 bits per heavy atom. The minimum absolute atomic E-state index is 0.220. The van der Waals surface area contributed by atoms with Crippen LogP contribution in [0, 0.1) is 0 Å². The number of aryl methyl sites for hydroxylation is 1. The SMILES string of the molecule is CCCCCCCCCCCCc1ccc(C(C)c2ccccc2O)cc1. The zero-order chi connectivity index (χ0) is 19.3. The molecule has 1 heteroatoms. The molecular weight excluding hydrogens is 328 g/mol. The van der Waals surface area contributed by atoms with Gasteiger partial charge in [0.15, 0.2) is 0 Å². The monoisotopic (exact) mass is 366 g/mol. The van der Waals surface area contributed by atoms with E-state index in [1.54, 1.807) is 6.07 Å². The van der Waals surface area contributed by atoms with E-state index in [1.165, 1.54) is 81.8 Å². The van der Waals surface area contributed by atoms with Crippen LogP contribution in [0.5, 0.6) is 5.75 Å². The molecule has 2 aromatic carbocycles. The van der Waals surface area contributed by atoms with Gasteiger partial charge in [-0.15, -0.1) is 0 Å². The van der Waals surface area contributed by atoms with Crippen molar-refractivity contribution in [2.24, 2.45) is 0 Å². The summed E-state index contributed by atoms with van der Waals surface area (Å²) in [5, 5.41) is 10.1. The number of hydrogen-bond donors (Lipinski definition) is 1.